The molecule has 0 radical (unpaired) electrons. The largest absolute Gasteiger partial charge is 0.369 e. The fourth-order valence-corrected chi connectivity index (χ4v) is 6.51. The molecule has 2 aliphatic carbocycles. The molecule has 4 N–H and O–H groups in total. The standard InChI is InChI=1S/C22H40N4O/c23-22(27)20-11-16(13-24-14-20)15-26-10-9-21(25-26)19-8-4-7-18(12-19)17-5-2-1-3-6-17/h16-21,24-25H,1-15H2,(H2,23,27). The van der Waals surface area contributed by atoms with Crippen LogP contribution in [0.5, 0.6) is 0 Å². The first-order valence-electron chi connectivity index (χ1n) is 11.7. The van der Waals surface area contributed by atoms with Crippen molar-refractivity contribution in [3.05, 3.63) is 0 Å². The van der Waals surface area contributed by atoms with E-state index in [1.165, 1.54) is 64.2 Å². The van der Waals surface area contributed by atoms with E-state index in [1.807, 2.05) is 0 Å². The molecule has 27 heavy (non-hydrogen) atoms. The van der Waals surface area contributed by atoms with E-state index in [0.29, 0.717) is 12.0 Å². The van der Waals surface area contributed by atoms with Gasteiger partial charge in [0.15, 0.2) is 0 Å². The van der Waals surface area contributed by atoms with Gasteiger partial charge >= 0.3 is 0 Å². The minimum absolute atomic E-state index is 0.0109. The maximum absolute atomic E-state index is 11.5. The number of hydrogen-bond acceptors (Lipinski definition) is 4. The zero-order valence-corrected chi connectivity index (χ0v) is 17.0. The predicted molar refractivity (Wildman–Crippen MR) is 109 cm³/mol. The van der Waals surface area contributed by atoms with E-state index < -0.39 is 0 Å². The molecule has 2 heterocycles. The molecule has 1 amide bonds. The van der Waals surface area contributed by atoms with Gasteiger partial charge in [-0.25, -0.2) is 5.01 Å². The highest BCUT2D eigenvalue weighted by Gasteiger charge is 2.36. The lowest BCUT2D eigenvalue weighted by molar-refractivity contribution is -0.122. The number of carbonyl (C=O) groups excluding carboxylic acids is 1. The lowest BCUT2D eigenvalue weighted by Gasteiger charge is -2.39. The van der Waals surface area contributed by atoms with E-state index in [1.54, 1.807) is 0 Å². The van der Waals surface area contributed by atoms with Gasteiger partial charge in [-0.1, -0.05) is 44.9 Å². The third-order valence-electron chi connectivity index (χ3n) is 8.02. The maximum Gasteiger partial charge on any atom is 0.221 e. The molecule has 0 bridgehead atoms. The highest BCUT2D eigenvalue weighted by Crippen LogP contribution is 2.42. The second-order valence-corrected chi connectivity index (χ2v) is 9.91. The average molecular weight is 377 g/mol. The summed E-state index contributed by atoms with van der Waals surface area (Å²) in [5.74, 6) is 3.30. The molecule has 154 valence electrons. The third-order valence-corrected chi connectivity index (χ3v) is 8.02. The van der Waals surface area contributed by atoms with Gasteiger partial charge in [-0.05, 0) is 55.9 Å². The Labute approximate surface area is 165 Å². The summed E-state index contributed by atoms with van der Waals surface area (Å²) >= 11 is 0. The zero-order valence-electron chi connectivity index (χ0n) is 17.0. The maximum atomic E-state index is 11.5. The van der Waals surface area contributed by atoms with Crippen LogP contribution in [0.25, 0.3) is 0 Å². The second kappa shape index (κ2) is 9.23. The van der Waals surface area contributed by atoms with E-state index in [9.17, 15) is 4.79 Å². The van der Waals surface area contributed by atoms with Crippen LogP contribution >= 0.6 is 0 Å². The van der Waals surface area contributed by atoms with E-state index in [-0.39, 0.29) is 11.8 Å². The molecule has 5 nitrogen and oxygen atoms in total. The first-order valence-corrected chi connectivity index (χ1v) is 11.7. The van der Waals surface area contributed by atoms with Crippen molar-refractivity contribution in [1.82, 2.24) is 15.8 Å². The van der Waals surface area contributed by atoms with Crippen molar-refractivity contribution < 1.29 is 4.79 Å². The Morgan fingerprint density at radius 3 is 2.48 bits per heavy atom. The molecule has 5 heteroatoms. The normalized spacial score (nSPS) is 39.5. The van der Waals surface area contributed by atoms with E-state index in [2.05, 4.69) is 15.8 Å². The first kappa shape index (κ1) is 19.7. The van der Waals surface area contributed by atoms with Crippen LogP contribution in [0.2, 0.25) is 0 Å². The van der Waals surface area contributed by atoms with Crippen molar-refractivity contribution in [3.63, 3.8) is 0 Å². The molecule has 0 aromatic heterocycles. The van der Waals surface area contributed by atoms with Gasteiger partial charge in [0.2, 0.25) is 5.91 Å². The molecule has 0 spiro atoms. The summed E-state index contributed by atoms with van der Waals surface area (Å²) in [6.45, 7) is 3.98. The fraction of sp³-hybridized carbons (Fsp3) is 0.955. The van der Waals surface area contributed by atoms with Crippen LogP contribution in [0.4, 0.5) is 0 Å². The third kappa shape index (κ3) is 5.04. The van der Waals surface area contributed by atoms with Crippen LogP contribution in [-0.2, 0) is 4.79 Å². The van der Waals surface area contributed by atoms with Crippen molar-refractivity contribution >= 4 is 5.91 Å². The summed E-state index contributed by atoms with van der Waals surface area (Å²) in [6, 6.07) is 0.680. The van der Waals surface area contributed by atoms with Crippen LogP contribution in [0.1, 0.15) is 70.6 Å². The average Bonchev–Trinajstić information content (AvgIpc) is 3.17. The monoisotopic (exact) mass is 376 g/mol. The van der Waals surface area contributed by atoms with Gasteiger partial charge < -0.3 is 11.1 Å². The Balaban J connectivity index is 1.24. The molecular formula is C22H40N4O. The Morgan fingerprint density at radius 1 is 0.889 bits per heavy atom. The lowest BCUT2D eigenvalue weighted by atomic mass is 9.69. The van der Waals surface area contributed by atoms with Crippen molar-refractivity contribution in [1.29, 1.82) is 0 Å². The molecule has 4 rings (SSSR count). The Bertz CT molecular complexity index is 493. The topological polar surface area (TPSA) is 70.4 Å². The molecule has 0 aromatic carbocycles. The molecule has 2 saturated carbocycles. The van der Waals surface area contributed by atoms with Crippen molar-refractivity contribution in [2.24, 2.45) is 35.3 Å². The number of nitrogens with two attached hydrogens (primary N) is 1. The minimum atomic E-state index is -0.143. The van der Waals surface area contributed by atoms with Crippen molar-refractivity contribution in [2.75, 3.05) is 26.2 Å². The Hall–Kier alpha value is -0.650. The number of carbonyl (C=O) groups is 1. The SMILES string of the molecule is NC(=O)C1CNCC(CN2CCC(C3CCCC(C4CCCCC4)C3)N2)C1. The van der Waals surface area contributed by atoms with Crippen LogP contribution < -0.4 is 16.5 Å². The molecule has 0 aromatic rings. The molecule has 4 fully saturated rings. The quantitative estimate of drug-likeness (QED) is 0.690. The van der Waals surface area contributed by atoms with Crippen LogP contribution in [0.3, 0.4) is 0 Å². The van der Waals surface area contributed by atoms with Gasteiger partial charge in [-0.3, -0.25) is 10.2 Å². The van der Waals surface area contributed by atoms with Gasteiger partial charge in [0.05, 0.1) is 5.92 Å². The first-order chi connectivity index (χ1) is 13.2. The molecule has 5 atom stereocenters. The Kier molecular flexibility index (Phi) is 6.72. The molecule has 2 aliphatic heterocycles. The van der Waals surface area contributed by atoms with Crippen LogP contribution in [-0.4, -0.2) is 43.1 Å². The summed E-state index contributed by atoms with van der Waals surface area (Å²) in [6.07, 6.45) is 15.5. The van der Waals surface area contributed by atoms with Crippen LogP contribution in [0, 0.1) is 29.6 Å². The van der Waals surface area contributed by atoms with Gasteiger partial charge in [0, 0.05) is 25.7 Å². The number of rotatable bonds is 5. The summed E-state index contributed by atoms with van der Waals surface area (Å²) in [7, 11) is 0. The molecule has 4 aliphatic rings. The van der Waals surface area contributed by atoms with Crippen molar-refractivity contribution in [2.45, 2.75) is 76.7 Å². The van der Waals surface area contributed by atoms with Crippen molar-refractivity contribution in [3.8, 4) is 0 Å². The Morgan fingerprint density at radius 2 is 1.67 bits per heavy atom. The van der Waals surface area contributed by atoms with E-state index in [0.717, 1.165) is 50.4 Å². The number of piperidine rings is 1. The van der Waals surface area contributed by atoms with Gasteiger partial charge in [-0.2, -0.15) is 0 Å². The molecular weight excluding hydrogens is 336 g/mol. The number of nitrogens with zero attached hydrogens (tertiary/aromatic N) is 1. The van der Waals surface area contributed by atoms with Gasteiger partial charge in [0.25, 0.3) is 0 Å². The summed E-state index contributed by atoms with van der Waals surface area (Å²) in [5, 5.41) is 5.85. The number of hydrogen-bond donors (Lipinski definition) is 3. The van der Waals surface area contributed by atoms with Gasteiger partial charge in [0.1, 0.15) is 0 Å². The van der Waals surface area contributed by atoms with E-state index >= 15 is 0 Å². The summed E-state index contributed by atoms with van der Waals surface area (Å²) < 4.78 is 0. The lowest BCUT2D eigenvalue weighted by Crippen LogP contribution is -2.48. The fourth-order valence-electron chi connectivity index (χ4n) is 6.51. The highest BCUT2D eigenvalue weighted by atomic mass is 16.1. The predicted octanol–water partition coefficient (Wildman–Crippen LogP) is 2.66. The smallest absolute Gasteiger partial charge is 0.221 e. The number of nitrogens with one attached hydrogen (secondary N) is 2. The minimum Gasteiger partial charge on any atom is -0.369 e. The van der Waals surface area contributed by atoms with E-state index in [4.69, 9.17) is 5.73 Å². The number of primary amides is 1. The second-order valence-electron chi connectivity index (χ2n) is 9.91. The van der Waals surface area contributed by atoms with Gasteiger partial charge in [-0.15, -0.1) is 0 Å². The number of amides is 1. The molecule has 2 saturated heterocycles. The van der Waals surface area contributed by atoms with Crippen LogP contribution in [0.15, 0.2) is 0 Å². The summed E-state index contributed by atoms with van der Waals surface area (Å²) in [4.78, 5) is 11.5. The molecule has 5 unspecified atom stereocenters. The zero-order chi connectivity index (χ0) is 18.6. The number of hydrazine groups is 1. The highest BCUT2D eigenvalue weighted by molar-refractivity contribution is 5.77. The summed E-state index contributed by atoms with van der Waals surface area (Å²) in [5.41, 5.74) is 9.39.